The monoisotopic (exact) mass is 503 g/mol. The standard InChI is InChI=1S/C27H37NO6S/c1-26-12-10-17(29)14-16(26)4-6-19-21-7-9-24(27(21,2)13-11-22(19)26)34-25(30)20-15-18(35(28,31)32)5-8-23(20)33-3/h5,8,15-16,19,21-22,24H,4,6-7,9-14H2,1-3H3,(H2,28,31,32)/t16?,19?,21?,22?,24-,26-,27-/m0/s1. The van der Waals surface area contributed by atoms with E-state index in [2.05, 4.69) is 13.8 Å². The third-order valence-corrected chi connectivity index (χ3v) is 11.3. The Hall–Kier alpha value is -1.93. The number of carbonyl (C=O) groups excluding carboxylic acids is 2. The van der Waals surface area contributed by atoms with Crippen LogP contribution in [0.15, 0.2) is 23.1 Å². The largest absolute Gasteiger partial charge is 0.496 e. The van der Waals surface area contributed by atoms with Gasteiger partial charge in [0.25, 0.3) is 0 Å². The van der Waals surface area contributed by atoms with E-state index in [1.54, 1.807) is 0 Å². The Morgan fingerprint density at radius 1 is 1.03 bits per heavy atom. The molecule has 192 valence electrons. The summed E-state index contributed by atoms with van der Waals surface area (Å²) in [5.74, 6) is 2.38. The van der Waals surface area contributed by atoms with Crippen LogP contribution in [0.3, 0.4) is 0 Å². The van der Waals surface area contributed by atoms with Crippen LogP contribution in [-0.4, -0.2) is 33.4 Å². The summed E-state index contributed by atoms with van der Waals surface area (Å²) in [7, 11) is -2.52. The van der Waals surface area contributed by atoms with E-state index < -0.39 is 16.0 Å². The van der Waals surface area contributed by atoms with Crippen LogP contribution in [0.25, 0.3) is 0 Å². The van der Waals surface area contributed by atoms with E-state index in [9.17, 15) is 18.0 Å². The van der Waals surface area contributed by atoms with Gasteiger partial charge in [0, 0.05) is 18.3 Å². The zero-order chi connectivity index (χ0) is 25.2. The van der Waals surface area contributed by atoms with Crippen LogP contribution >= 0.6 is 0 Å². The number of Topliss-reactive ketones (excluding diaryl/α,β-unsaturated/α-hetero) is 1. The molecule has 8 heteroatoms. The van der Waals surface area contributed by atoms with Gasteiger partial charge < -0.3 is 9.47 Å². The summed E-state index contributed by atoms with van der Waals surface area (Å²) in [5, 5.41) is 5.28. The quantitative estimate of drug-likeness (QED) is 0.606. The van der Waals surface area contributed by atoms with Gasteiger partial charge in [-0.05, 0) is 92.2 Å². The Morgan fingerprint density at radius 3 is 2.49 bits per heavy atom. The molecule has 0 bridgehead atoms. The Morgan fingerprint density at radius 2 is 1.77 bits per heavy atom. The number of nitrogens with two attached hydrogens (primary N) is 1. The van der Waals surface area contributed by atoms with Gasteiger partial charge in [-0.15, -0.1) is 0 Å². The number of esters is 1. The summed E-state index contributed by atoms with van der Waals surface area (Å²) < 4.78 is 35.1. The normalized spacial score (nSPS) is 38.7. The lowest BCUT2D eigenvalue weighted by atomic mass is 9.45. The zero-order valence-electron chi connectivity index (χ0n) is 20.9. The van der Waals surface area contributed by atoms with Crippen LogP contribution in [0.1, 0.15) is 82.0 Å². The number of rotatable bonds is 4. The van der Waals surface area contributed by atoms with Gasteiger partial charge in [0.2, 0.25) is 10.0 Å². The predicted octanol–water partition coefficient (Wildman–Crippen LogP) is 4.48. The van der Waals surface area contributed by atoms with Crippen LogP contribution in [-0.2, 0) is 19.6 Å². The Balaban J connectivity index is 1.36. The van der Waals surface area contributed by atoms with Crippen LogP contribution in [0.2, 0.25) is 0 Å². The first kappa shape index (κ1) is 24.8. The SMILES string of the molecule is COc1ccc(S(N)(=O)=O)cc1C(=O)O[C@H]1CCC2C3CCC4CC(=O)CC[C@]4(C)C3CC[C@@]21C. The van der Waals surface area contributed by atoms with Crippen molar-refractivity contribution < 1.29 is 27.5 Å². The molecule has 2 N–H and O–H groups in total. The second kappa shape index (κ2) is 8.58. The first-order valence-electron chi connectivity index (χ1n) is 12.9. The summed E-state index contributed by atoms with van der Waals surface area (Å²) in [6.07, 6.45) is 8.50. The van der Waals surface area contributed by atoms with Gasteiger partial charge in [0.15, 0.2) is 0 Å². The molecule has 0 radical (unpaired) electrons. The van der Waals surface area contributed by atoms with E-state index in [0.717, 1.165) is 57.8 Å². The highest BCUT2D eigenvalue weighted by atomic mass is 32.2. The molecule has 0 aromatic heterocycles. The maximum absolute atomic E-state index is 13.3. The molecule has 4 saturated carbocycles. The van der Waals surface area contributed by atoms with Crippen molar-refractivity contribution in [2.45, 2.75) is 82.6 Å². The first-order valence-corrected chi connectivity index (χ1v) is 14.5. The fourth-order valence-corrected chi connectivity index (χ4v) is 8.95. The van der Waals surface area contributed by atoms with Gasteiger partial charge in [-0.25, -0.2) is 18.4 Å². The van der Waals surface area contributed by atoms with E-state index in [-0.39, 0.29) is 33.1 Å². The lowest BCUT2D eigenvalue weighted by Crippen LogP contribution is -2.54. The van der Waals surface area contributed by atoms with E-state index in [4.69, 9.17) is 14.6 Å². The molecule has 4 aliphatic rings. The van der Waals surface area contributed by atoms with Crippen molar-refractivity contribution >= 4 is 21.8 Å². The van der Waals surface area contributed by atoms with Crippen molar-refractivity contribution in [2.24, 2.45) is 39.6 Å². The lowest BCUT2D eigenvalue weighted by Gasteiger charge is -2.60. The number of carbonyl (C=O) groups is 2. The second-order valence-corrected chi connectivity index (χ2v) is 13.4. The molecule has 0 heterocycles. The minimum atomic E-state index is -3.96. The van der Waals surface area contributed by atoms with Crippen molar-refractivity contribution in [1.29, 1.82) is 0 Å². The van der Waals surface area contributed by atoms with E-state index in [1.807, 2.05) is 0 Å². The Labute approximate surface area is 208 Å². The van der Waals surface area contributed by atoms with Gasteiger partial charge in [-0.2, -0.15) is 0 Å². The van der Waals surface area contributed by atoms with Gasteiger partial charge in [0.1, 0.15) is 23.2 Å². The lowest BCUT2D eigenvalue weighted by molar-refractivity contribution is -0.142. The number of primary sulfonamides is 1. The fourth-order valence-electron chi connectivity index (χ4n) is 8.41. The van der Waals surface area contributed by atoms with E-state index in [0.29, 0.717) is 29.5 Å². The number of fused-ring (bicyclic) bond motifs is 5. The molecule has 0 spiro atoms. The zero-order valence-corrected chi connectivity index (χ0v) is 21.7. The van der Waals surface area contributed by atoms with Crippen molar-refractivity contribution in [3.8, 4) is 5.75 Å². The van der Waals surface area contributed by atoms with E-state index >= 15 is 0 Å². The molecule has 5 rings (SSSR count). The third kappa shape index (κ3) is 4.01. The minimum absolute atomic E-state index is 0.0830. The average molecular weight is 504 g/mol. The van der Waals surface area contributed by atoms with Crippen LogP contribution in [0.5, 0.6) is 5.75 Å². The topological polar surface area (TPSA) is 113 Å². The second-order valence-electron chi connectivity index (χ2n) is 11.8. The number of ketones is 1. The molecule has 0 amide bonds. The Kier molecular flexibility index (Phi) is 6.07. The molecule has 0 saturated heterocycles. The number of ether oxygens (including phenoxy) is 2. The van der Waals surface area contributed by atoms with Crippen molar-refractivity contribution in [3.05, 3.63) is 23.8 Å². The van der Waals surface area contributed by atoms with Crippen LogP contribution in [0, 0.1) is 34.5 Å². The molecule has 1 aromatic rings. The van der Waals surface area contributed by atoms with Crippen molar-refractivity contribution in [1.82, 2.24) is 0 Å². The average Bonchev–Trinajstić information content (AvgIpc) is 3.14. The third-order valence-electron chi connectivity index (χ3n) is 10.4. The highest BCUT2D eigenvalue weighted by molar-refractivity contribution is 7.89. The maximum atomic E-state index is 13.3. The predicted molar refractivity (Wildman–Crippen MR) is 130 cm³/mol. The van der Waals surface area contributed by atoms with Gasteiger partial charge in [-0.3, -0.25) is 4.79 Å². The van der Waals surface area contributed by atoms with Gasteiger partial charge in [-0.1, -0.05) is 13.8 Å². The molecule has 1 aromatic carbocycles. The number of benzene rings is 1. The fraction of sp³-hybridized carbons (Fsp3) is 0.704. The van der Waals surface area contributed by atoms with Gasteiger partial charge in [0.05, 0.1) is 12.0 Å². The number of hydrogen-bond donors (Lipinski definition) is 1. The van der Waals surface area contributed by atoms with Crippen LogP contribution in [0.4, 0.5) is 0 Å². The Bertz CT molecular complexity index is 1150. The summed E-state index contributed by atoms with van der Waals surface area (Å²) in [6.45, 7) is 4.70. The van der Waals surface area contributed by atoms with E-state index in [1.165, 1.54) is 25.3 Å². The molecule has 7 atom stereocenters. The minimum Gasteiger partial charge on any atom is -0.496 e. The van der Waals surface area contributed by atoms with Crippen molar-refractivity contribution in [3.63, 3.8) is 0 Å². The number of methoxy groups -OCH3 is 1. The highest BCUT2D eigenvalue weighted by Crippen LogP contribution is 2.66. The molecule has 4 unspecified atom stereocenters. The molecular formula is C27H37NO6S. The molecule has 7 nitrogen and oxygen atoms in total. The molecular weight excluding hydrogens is 466 g/mol. The summed E-state index contributed by atoms with van der Waals surface area (Å²) in [5.41, 5.74) is 0.226. The summed E-state index contributed by atoms with van der Waals surface area (Å²) >= 11 is 0. The molecule has 35 heavy (non-hydrogen) atoms. The maximum Gasteiger partial charge on any atom is 0.342 e. The summed E-state index contributed by atoms with van der Waals surface area (Å²) in [6, 6.07) is 4.01. The number of hydrogen-bond acceptors (Lipinski definition) is 6. The highest BCUT2D eigenvalue weighted by Gasteiger charge is 2.61. The molecule has 0 aliphatic heterocycles. The molecule has 4 fully saturated rings. The first-order chi connectivity index (χ1) is 16.5. The van der Waals surface area contributed by atoms with Crippen LogP contribution < -0.4 is 9.88 Å². The molecule has 4 aliphatic carbocycles. The van der Waals surface area contributed by atoms with Crippen molar-refractivity contribution in [2.75, 3.05) is 7.11 Å². The smallest absolute Gasteiger partial charge is 0.342 e. The van der Waals surface area contributed by atoms with Gasteiger partial charge >= 0.3 is 5.97 Å². The number of sulfonamides is 1. The summed E-state index contributed by atoms with van der Waals surface area (Å²) in [4.78, 5) is 25.3.